The number of esters is 1. The molecule has 0 N–H and O–H groups in total. The molecule has 0 saturated heterocycles. The normalized spacial score (nSPS) is 15.5. The fraction of sp³-hybridized carbons (Fsp3) is 0.357. The lowest BCUT2D eigenvalue weighted by atomic mass is 9.77. The lowest BCUT2D eigenvalue weighted by molar-refractivity contribution is -0.145. The van der Waals surface area contributed by atoms with Gasteiger partial charge in [0.1, 0.15) is 5.82 Å². The number of nitrogens with zero attached hydrogens (tertiary/aromatic N) is 1. The quantitative estimate of drug-likeness (QED) is 0.363. The molecule has 2 atom stereocenters. The molecule has 1 heterocycles. The number of benzene rings is 2. The summed E-state index contributed by atoms with van der Waals surface area (Å²) in [6, 6.07) is 15.6. The van der Waals surface area contributed by atoms with E-state index in [1.807, 2.05) is 30.3 Å². The molecule has 2 aromatic carbocycles. The Morgan fingerprint density at radius 1 is 0.971 bits per heavy atom. The summed E-state index contributed by atoms with van der Waals surface area (Å²) in [7, 11) is 1.62. The van der Waals surface area contributed by atoms with Gasteiger partial charge in [0.05, 0.1) is 25.7 Å². The number of hydrogen-bond donors (Lipinski definition) is 0. The Morgan fingerprint density at radius 2 is 1.65 bits per heavy atom. The van der Waals surface area contributed by atoms with Gasteiger partial charge in [0, 0.05) is 18.3 Å². The van der Waals surface area contributed by atoms with E-state index in [9.17, 15) is 9.18 Å². The molecular weight excluding hydrogens is 433 g/mol. The summed E-state index contributed by atoms with van der Waals surface area (Å²) in [5.41, 5.74) is 2.43. The van der Waals surface area contributed by atoms with Crippen LogP contribution in [-0.2, 0) is 9.53 Å². The van der Waals surface area contributed by atoms with Gasteiger partial charge in [-0.3, -0.25) is 9.78 Å². The van der Waals surface area contributed by atoms with E-state index in [0.717, 1.165) is 42.4 Å². The molecule has 6 heteroatoms. The van der Waals surface area contributed by atoms with Gasteiger partial charge in [0.25, 0.3) is 0 Å². The highest BCUT2D eigenvalue weighted by molar-refractivity contribution is 5.80. The van der Waals surface area contributed by atoms with E-state index in [4.69, 9.17) is 14.2 Å². The van der Waals surface area contributed by atoms with Crippen molar-refractivity contribution in [2.45, 2.75) is 50.5 Å². The highest BCUT2D eigenvalue weighted by atomic mass is 19.1. The standard InChI is InChI=1S/C28H30FNO4/c1-3-33-28(31)27(20-14-16-30-17-15-20)26(19-8-11-22(29)12-9-19)21-10-13-24(32-2)25(18-21)34-23-6-4-5-7-23/h8-18,23,26-27H,3-7H2,1-2H3. The van der Waals surface area contributed by atoms with E-state index in [1.54, 1.807) is 38.6 Å². The van der Waals surface area contributed by atoms with Crippen LogP contribution < -0.4 is 9.47 Å². The van der Waals surface area contributed by atoms with Crippen molar-refractivity contribution in [1.82, 2.24) is 4.98 Å². The molecule has 34 heavy (non-hydrogen) atoms. The van der Waals surface area contributed by atoms with Crippen molar-refractivity contribution < 1.29 is 23.4 Å². The number of hydrogen-bond acceptors (Lipinski definition) is 5. The van der Waals surface area contributed by atoms with E-state index in [1.165, 1.54) is 12.1 Å². The lowest BCUT2D eigenvalue weighted by Crippen LogP contribution is -2.24. The van der Waals surface area contributed by atoms with Crippen molar-refractivity contribution in [3.63, 3.8) is 0 Å². The molecule has 1 aliphatic carbocycles. The number of ether oxygens (including phenoxy) is 3. The second kappa shape index (κ2) is 11.1. The Morgan fingerprint density at radius 3 is 2.29 bits per heavy atom. The summed E-state index contributed by atoms with van der Waals surface area (Å²) in [6.07, 6.45) is 7.79. The smallest absolute Gasteiger partial charge is 0.314 e. The average molecular weight is 464 g/mol. The highest BCUT2D eigenvalue weighted by Crippen LogP contribution is 2.43. The fourth-order valence-electron chi connectivity index (χ4n) is 4.68. The molecule has 0 spiro atoms. The Kier molecular flexibility index (Phi) is 7.78. The first-order valence-corrected chi connectivity index (χ1v) is 11.8. The first-order chi connectivity index (χ1) is 16.6. The Hall–Kier alpha value is -3.41. The van der Waals surface area contributed by atoms with Crippen LogP contribution in [0, 0.1) is 5.82 Å². The van der Waals surface area contributed by atoms with Crippen molar-refractivity contribution in [3.05, 3.63) is 89.5 Å². The minimum atomic E-state index is -0.652. The SMILES string of the molecule is CCOC(=O)C(c1ccncc1)C(c1ccc(F)cc1)c1ccc(OC)c(OC2CCCC2)c1. The predicted molar refractivity (Wildman–Crippen MR) is 128 cm³/mol. The Labute approximate surface area is 199 Å². The molecule has 0 radical (unpaired) electrons. The van der Waals surface area contributed by atoms with Gasteiger partial charge in [-0.25, -0.2) is 4.39 Å². The van der Waals surface area contributed by atoms with E-state index < -0.39 is 11.8 Å². The maximum Gasteiger partial charge on any atom is 0.314 e. The second-order valence-electron chi connectivity index (χ2n) is 8.47. The second-order valence-corrected chi connectivity index (χ2v) is 8.47. The van der Waals surface area contributed by atoms with E-state index in [0.29, 0.717) is 11.5 Å². The zero-order valence-electron chi connectivity index (χ0n) is 19.6. The third-order valence-corrected chi connectivity index (χ3v) is 6.31. The average Bonchev–Trinajstić information content (AvgIpc) is 3.37. The monoisotopic (exact) mass is 463 g/mol. The van der Waals surface area contributed by atoms with Crippen LogP contribution in [-0.4, -0.2) is 30.8 Å². The minimum absolute atomic E-state index is 0.148. The van der Waals surface area contributed by atoms with E-state index in [-0.39, 0.29) is 24.5 Å². The third-order valence-electron chi connectivity index (χ3n) is 6.31. The molecule has 4 rings (SSSR count). The molecule has 1 aliphatic rings. The van der Waals surface area contributed by atoms with Gasteiger partial charge in [-0.1, -0.05) is 18.2 Å². The van der Waals surface area contributed by atoms with Crippen LogP contribution in [0.1, 0.15) is 61.1 Å². The number of methoxy groups -OCH3 is 1. The van der Waals surface area contributed by atoms with Crippen LogP contribution >= 0.6 is 0 Å². The molecule has 5 nitrogen and oxygen atoms in total. The number of carbonyl (C=O) groups excluding carboxylic acids is 1. The third kappa shape index (κ3) is 5.38. The zero-order valence-corrected chi connectivity index (χ0v) is 19.6. The number of pyridine rings is 1. The summed E-state index contributed by atoms with van der Waals surface area (Å²) in [6.45, 7) is 2.05. The molecule has 2 unspecified atom stereocenters. The molecule has 3 aromatic rings. The van der Waals surface area contributed by atoms with Crippen LogP contribution in [0.15, 0.2) is 67.0 Å². The number of halogens is 1. The van der Waals surface area contributed by atoms with Crippen molar-refractivity contribution in [2.24, 2.45) is 0 Å². The maximum atomic E-state index is 13.8. The number of aromatic nitrogens is 1. The molecule has 1 fully saturated rings. The van der Waals surface area contributed by atoms with Gasteiger partial charge >= 0.3 is 5.97 Å². The van der Waals surface area contributed by atoms with Gasteiger partial charge < -0.3 is 14.2 Å². The van der Waals surface area contributed by atoms with Crippen LogP contribution in [0.3, 0.4) is 0 Å². The highest BCUT2D eigenvalue weighted by Gasteiger charge is 2.34. The van der Waals surface area contributed by atoms with Crippen molar-refractivity contribution >= 4 is 5.97 Å². The number of rotatable bonds is 9. The topological polar surface area (TPSA) is 57.7 Å². The van der Waals surface area contributed by atoms with Gasteiger partial charge in [-0.15, -0.1) is 0 Å². The predicted octanol–water partition coefficient (Wildman–Crippen LogP) is 6.03. The van der Waals surface area contributed by atoms with Gasteiger partial charge in [0.15, 0.2) is 11.5 Å². The van der Waals surface area contributed by atoms with Crippen molar-refractivity contribution in [1.29, 1.82) is 0 Å². The first-order valence-electron chi connectivity index (χ1n) is 11.8. The number of carbonyl (C=O) groups is 1. The molecule has 0 aliphatic heterocycles. The van der Waals surface area contributed by atoms with Gasteiger partial charge in [-0.05, 0) is 85.7 Å². The van der Waals surface area contributed by atoms with E-state index in [2.05, 4.69) is 4.98 Å². The molecule has 1 aromatic heterocycles. The van der Waals surface area contributed by atoms with Crippen molar-refractivity contribution in [3.8, 4) is 11.5 Å². The van der Waals surface area contributed by atoms with Gasteiger partial charge in [-0.2, -0.15) is 0 Å². The molecule has 0 bridgehead atoms. The summed E-state index contributed by atoms with van der Waals surface area (Å²) in [5.74, 6) is -0.474. The molecule has 0 amide bonds. The summed E-state index contributed by atoms with van der Waals surface area (Å²) in [5, 5.41) is 0. The lowest BCUT2D eigenvalue weighted by Gasteiger charge is -2.28. The van der Waals surface area contributed by atoms with E-state index >= 15 is 0 Å². The largest absolute Gasteiger partial charge is 0.493 e. The molecule has 1 saturated carbocycles. The van der Waals surface area contributed by atoms with Crippen LogP contribution in [0.5, 0.6) is 11.5 Å². The van der Waals surface area contributed by atoms with Crippen LogP contribution in [0.2, 0.25) is 0 Å². The van der Waals surface area contributed by atoms with Gasteiger partial charge in [0.2, 0.25) is 0 Å². The van der Waals surface area contributed by atoms with Crippen LogP contribution in [0.4, 0.5) is 4.39 Å². The van der Waals surface area contributed by atoms with Crippen LogP contribution in [0.25, 0.3) is 0 Å². The summed E-state index contributed by atoms with van der Waals surface area (Å²) in [4.78, 5) is 17.4. The summed E-state index contributed by atoms with van der Waals surface area (Å²) < 4.78 is 31.2. The summed E-state index contributed by atoms with van der Waals surface area (Å²) >= 11 is 0. The maximum absolute atomic E-state index is 13.8. The fourth-order valence-corrected chi connectivity index (χ4v) is 4.68. The minimum Gasteiger partial charge on any atom is -0.493 e. The molecular formula is C28H30FNO4. The molecule has 178 valence electrons. The Bertz CT molecular complexity index is 1080. The first kappa shape index (κ1) is 23.7. The van der Waals surface area contributed by atoms with Crippen molar-refractivity contribution in [2.75, 3.05) is 13.7 Å². The zero-order chi connectivity index (χ0) is 23.9. The Balaban J connectivity index is 1.84.